The molecule has 2 saturated carbocycles. The molecule has 0 aromatic rings. The molecule has 0 bridgehead atoms. The maximum atomic E-state index is 12.2. The molecule has 2 fully saturated rings. The molecule has 3 atom stereocenters. The zero-order valence-electron chi connectivity index (χ0n) is 10.9. The van der Waals surface area contributed by atoms with Gasteiger partial charge in [-0.3, -0.25) is 4.79 Å². The molecule has 0 saturated heterocycles. The van der Waals surface area contributed by atoms with Crippen LogP contribution in [-0.4, -0.2) is 11.9 Å². The summed E-state index contributed by atoms with van der Waals surface area (Å²) in [6.07, 6.45) is 7.14. The number of carbonyl (C=O) groups is 1. The van der Waals surface area contributed by atoms with E-state index in [2.05, 4.69) is 26.1 Å². The smallest absolute Gasteiger partial charge is 0.223 e. The summed E-state index contributed by atoms with van der Waals surface area (Å²) in [6.45, 7) is 6.76. The van der Waals surface area contributed by atoms with Crippen LogP contribution in [0.5, 0.6) is 0 Å². The Morgan fingerprint density at radius 2 is 2.00 bits per heavy atom. The molecule has 0 spiro atoms. The van der Waals surface area contributed by atoms with Gasteiger partial charge < -0.3 is 5.32 Å². The molecule has 16 heavy (non-hydrogen) atoms. The van der Waals surface area contributed by atoms with Gasteiger partial charge in [0.1, 0.15) is 0 Å². The van der Waals surface area contributed by atoms with Crippen LogP contribution in [0.1, 0.15) is 59.3 Å². The van der Waals surface area contributed by atoms with Crippen LogP contribution in [0, 0.1) is 17.3 Å². The second-order valence-corrected chi connectivity index (χ2v) is 6.56. The highest BCUT2D eigenvalue weighted by Crippen LogP contribution is 2.42. The van der Waals surface area contributed by atoms with Crippen molar-refractivity contribution in [2.45, 2.75) is 65.3 Å². The summed E-state index contributed by atoms with van der Waals surface area (Å²) in [6, 6.07) is 0.457. The number of hydrogen-bond donors (Lipinski definition) is 1. The molecule has 2 aliphatic rings. The summed E-state index contributed by atoms with van der Waals surface area (Å²) in [5.74, 6) is 1.37. The van der Waals surface area contributed by atoms with Crippen LogP contribution in [0.4, 0.5) is 0 Å². The fourth-order valence-corrected chi connectivity index (χ4v) is 3.45. The highest BCUT2D eigenvalue weighted by molar-refractivity contribution is 5.80. The molecule has 0 radical (unpaired) electrons. The first-order valence-corrected chi connectivity index (χ1v) is 6.79. The lowest BCUT2D eigenvalue weighted by Gasteiger charge is -2.27. The Morgan fingerprint density at radius 3 is 2.50 bits per heavy atom. The van der Waals surface area contributed by atoms with Crippen molar-refractivity contribution < 1.29 is 4.79 Å². The lowest BCUT2D eigenvalue weighted by molar-refractivity contribution is -0.128. The van der Waals surface area contributed by atoms with Crippen molar-refractivity contribution in [2.75, 3.05) is 0 Å². The molecule has 1 amide bonds. The second kappa shape index (κ2) is 4.38. The first-order chi connectivity index (χ1) is 7.49. The molecule has 0 aromatic heterocycles. The molecule has 0 aromatic carbocycles. The van der Waals surface area contributed by atoms with Crippen molar-refractivity contribution in [3.63, 3.8) is 0 Å². The maximum absolute atomic E-state index is 12.2. The molecule has 92 valence electrons. The number of carbonyl (C=O) groups excluding carboxylic acids is 1. The van der Waals surface area contributed by atoms with Crippen LogP contribution < -0.4 is 5.32 Å². The lowest BCUT2D eigenvalue weighted by atomic mass is 9.81. The molecule has 2 rings (SSSR count). The Morgan fingerprint density at radius 1 is 1.25 bits per heavy atom. The maximum Gasteiger partial charge on any atom is 0.223 e. The van der Waals surface area contributed by atoms with E-state index in [9.17, 15) is 4.79 Å². The van der Waals surface area contributed by atoms with E-state index < -0.39 is 0 Å². The molecule has 2 aliphatic carbocycles. The third-order valence-electron chi connectivity index (χ3n) is 4.61. The van der Waals surface area contributed by atoms with Crippen molar-refractivity contribution >= 4 is 5.91 Å². The first kappa shape index (κ1) is 11.9. The van der Waals surface area contributed by atoms with Crippen LogP contribution in [0.15, 0.2) is 0 Å². The minimum absolute atomic E-state index is 0.217. The largest absolute Gasteiger partial charge is 0.353 e. The predicted molar refractivity (Wildman–Crippen MR) is 66.1 cm³/mol. The van der Waals surface area contributed by atoms with Gasteiger partial charge in [0.2, 0.25) is 5.91 Å². The van der Waals surface area contributed by atoms with E-state index >= 15 is 0 Å². The van der Waals surface area contributed by atoms with Gasteiger partial charge in [-0.05, 0) is 43.4 Å². The average Bonchev–Trinajstić information content (AvgIpc) is 2.72. The van der Waals surface area contributed by atoms with Gasteiger partial charge in [0, 0.05) is 12.0 Å². The van der Waals surface area contributed by atoms with Gasteiger partial charge in [0.05, 0.1) is 0 Å². The number of rotatable bonds is 2. The Bertz CT molecular complexity index is 272. The monoisotopic (exact) mass is 223 g/mol. The predicted octanol–water partition coefficient (Wildman–Crippen LogP) is 3.12. The standard InChI is InChI=1S/C14H25NO/c1-10-6-7-11(9-10)15-13(16)12-5-4-8-14(12,2)3/h10-12H,4-9H2,1-3H3,(H,15,16). The van der Waals surface area contributed by atoms with Crippen LogP contribution >= 0.6 is 0 Å². The normalized spacial score (nSPS) is 37.6. The zero-order valence-corrected chi connectivity index (χ0v) is 10.9. The minimum Gasteiger partial charge on any atom is -0.353 e. The van der Waals surface area contributed by atoms with Crippen molar-refractivity contribution in [3.05, 3.63) is 0 Å². The molecule has 2 heteroatoms. The van der Waals surface area contributed by atoms with Gasteiger partial charge in [0.15, 0.2) is 0 Å². The topological polar surface area (TPSA) is 29.1 Å². The SMILES string of the molecule is CC1CCC(NC(=O)C2CCCC2(C)C)C1. The molecular formula is C14H25NO. The second-order valence-electron chi connectivity index (χ2n) is 6.56. The summed E-state index contributed by atoms with van der Waals surface area (Å²) in [7, 11) is 0. The third-order valence-corrected chi connectivity index (χ3v) is 4.61. The fraction of sp³-hybridized carbons (Fsp3) is 0.929. The molecule has 0 aliphatic heterocycles. The van der Waals surface area contributed by atoms with Gasteiger partial charge in [-0.2, -0.15) is 0 Å². The molecule has 2 nitrogen and oxygen atoms in total. The summed E-state index contributed by atoms with van der Waals surface area (Å²) in [5.41, 5.74) is 0.217. The van der Waals surface area contributed by atoms with E-state index in [0.717, 1.165) is 12.3 Å². The average molecular weight is 223 g/mol. The van der Waals surface area contributed by atoms with E-state index in [-0.39, 0.29) is 11.3 Å². The molecule has 1 N–H and O–H groups in total. The van der Waals surface area contributed by atoms with Crippen molar-refractivity contribution in [1.29, 1.82) is 0 Å². The van der Waals surface area contributed by atoms with Crippen LogP contribution in [0.2, 0.25) is 0 Å². The minimum atomic E-state index is 0.217. The first-order valence-electron chi connectivity index (χ1n) is 6.79. The van der Waals surface area contributed by atoms with E-state index in [1.165, 1.54) is 32.1 Å². The van der Waals surface area contributed by atoms with E-state index in [1.54, 1.807) is 0 Å². The Labute approximate surface area is 99.2 Å². The van der Waals surface area contributed by atoms with Crippen molar-refractivity contribution in [2.24, 2.45) is 17.3 Å². The summed E-state index contributed by atoms with van der Waals surface area (Å²) >= 11 is 0. The van der Waals surface area contributed by atoms with Crippen molar-refractivity contribution in [1.82, 2.24) is 5.32 Å². The molecular weight excluding hydrogens is 198 g/mol. The van der Waals surface area contributed by atoms with Gasteiger partial charge >= 0.3 is 0 Å². The highest BCUT2D eigenvalue weighted by Gasteiger charge is 2.40. The Balaban J connectivity index is 1.88. The molecule has 0 heterocycles. The molecule has 3 unspecified atom stereocenters. The summed E-state index contributed by atoms with van der Waals surface area (Å²) < 4.78 is 0. The summed E-state index contributed by atoms with van der Waals surface area (Å²) in [5, 5.41) is 3.27. The van der Waals surface area contributed by atoms with Gasteiger partial charge in [-0.1, -0.05) is 27.2 Å². The van der Waals surface area contributed by atoms with E-state index in [0.29, 0.717) is 11.9 Å². The third kappa shape index (κ3) is 2.41. The quantitative estimate of drug-likeness (QED) is 0.765. The lowest BCUT2D eigenvalue weighted by Crippen LogP contribution is -2.41. The fourth-order valence-electron chi connectivity index (χ4n) is 3.45. The van der Waals surface area contributed by atoms with Crippen LogP contribution in [0.3, 0.4) is 0 Å². The van der Waals surface area contributed by atoms with Crippen LogP contribution in [-0.2, 0) is 4.79 Å². The van der Waals surface area contributed by atoms with Crippen LogP contribution in [0.25, 0.3) is 0 Å². The number of nitrogens with one attached hydrogen (secondary N) is 1. The highest BCUT2D eigenvalue weighted by atomic mass is 16.2. The van der Waals surface area contributed by atoms with E-state index in [1.807, 2.05) is 0 Å². The summed E-state index contributed by atoms with van der Waals surface area (Å²) in [4.78, 5) is 12.2. The van der Waals surface area contributed by atoms with Gasteiger partial charge in [0.25, 0.3) is 0 Å². The van der Waals surface area contributed by atoms with Crippen molar-refractivity contribution in [3.8, 4) is 0 Å². The van der Waals surface area contributed by atoms with Gasteiger partial charge in [-0.15, -0.1) is 0 Å². The zero-order chi connectivity index (χ0) is 11.8. The number of amides is 1. The Hall–Kier alpha value is -0.530. The number of hydrogen-bond acceptors (Lipinski definition) is 1. The van der Waals surface area contributed by atoms with Gasteiger partial charge in [-0.25, -0.2) is 0 Å². The van der Waals surface area contributed by atoms with E-state index in [4.69, 9.17) is 0 Å². The Kier molecular flexibility index (Phi) is 3.27.